The number of ether oxygens (including phenoxy) is 1. The Hall–Kier alpha value is -2.60. The molecule has 1 amide bonds. The van der Waals surface area contributed by atoms with Gasteiger partial charge in [-0.05, 0) is 43.5 Å². The van der Waals surface area contributed by atoms with E-state index < -0.39 is 0 Å². The topological polar surface area (TPSA) is 51.5 Å². The van der Waals surface area contributed by atoms with Crippen molar-refractivity contribution in [2.45, 2.75) is 26.3 Å². The number of fused-ring (bicyclic) bond motifs is 1. The molecule has 1 aliphatic heterocycles. The van der Waals surface area contributed by atoms with E-state index in [4.69, 9.17) is 4.74 Å². The van der Waals surface area contributed by atoms with E-state index in [1.54, 1.807) is 23.1 Å². The third-order valence-corrected chi connectivity index (χ3v) is 5.16. The Morgan fingerprint density at radius 3 is 2.59 bits per heavy atom. The summed E-state index contributed by atoms with van der Waals surface area (Å²) in [5.74, 6) is 0. The van der Waals surface area contributed by atoms with Crippen LogP contribution in [0.25, 0.3) is 10.9 Å². The average Bonchev–Trinajstić information content (AvgIpc) is 3.39. The van der Waals surface area contributed by atoms with Crippen LogP contribution >= 0.6 is 15.9 Å². The van der Waals surface area contributed by atoms with Crippen molar-refractivity contribution in [1.29, 1.82) is 0 Å². The zero-order valence-corrected chi connectivity index (χ0v) is 18.4. The van der Waals surface area contributed by atoms with Gasteiger partial charge in [0.2, 0.25) is 0 Å². The quantitative estimate of drug-likeness (QED) is 0.408. The van der Waals surface area contributed by atoms with Crippen LogP contribution in [0.15, 0.2) is 65.8 Å². The maximum absolute atomic E-state index is 11.5. The van der Waals surface area contributed by atoms with E-state index in [9.17, 15) is 9.59 Å². The van der Waals surface area contributed by atoms with Gasteiger partial charge in [-0.25, -0.2) is 4.79 Å². The number of aromatic nitrogens is 1. The van der Waals surface area contributed by atoms with Crippen LogP contribution < -0.4 is 0 Å². The molecule has 0 unspecified atom stereocenters. The number of aryl methyl sites for hydroxylation is 1. The molecule has 29 heavy (non-hydrogen) atoms. The fraction of sp³-hybridized carbons (Fsp3) is 0.304. The van der Waals surface area contributed by atoms with Crippen molar-refractivity contribution < 1.29 is 14.3 Å². The maximum Gasteiger partial charge on any atom is 0.410 e. The van der Waals surface area contributed by atoms with Crippen LogP contribution in [-0.4, -0.2) is 41.5 Å². The average molecular weight is 459 g/mol. The van der Waals surface area contributed by atoms with Crippen LogP contribution in [0.4, 0.5) is 4.79 Å². The molecule has 6 heteroatoms. The molecule has 2 aromatic rings. The van der Waals surface area contributed by atoms with Gasteiger partial charge >= 0.3 is 6.09 Å². The second-order valence-corrected chi connectivity index (χ2v) is 7.50. The Labute approximate surface area is 180 Å². The van der Waals surface area contributed by atoms with E-state index in [1.165, 1.54) is 0 Å². The number of allylic oxidation sites excluding steroid dienone is 2. The standard InChI is InChI=1S/C12H17NO2.C11H10BrNO/c1-3-7-11(4-2)10-15-12(14)13-8-5-6-9-13;1-2-13-6-8(7-14)10-5-9(12)3-4-11(10)13/h3-4,7H,1-2,5-6,8-10H2;3-7H,2H2,1H3/b11-7+;. The van der Waals surface area contributed by atoms with Crippen LogP contribution in [0.1, 0.15) is 30.1 Å². The predicted octanol–water partition coefficient (Wildman–Crippen LogP) is 5.75. The second-order valence-electron chi connectivity index (χ2n) is 6.58. The molecule has 3 rings (SSSR count). The van der Waals surface area contributed by atoms with Crippen molar-refractivity contribution in [2.24, 2.45) is 0 Å². The molecule has 1 fully saturated rings. The lowest BCUT2D eigenvalue weighted by Gasteiger charge is -2.15. The number of nitrogens with zero attached hydrogens (tertiary/aromatic N) is 2. The van der Waals surface area contributed by atoms with Crippen LogP contribution in [0.3, 0.4) is 0 Å². The van der Waals surface area contributed by atoms with Gasteiger partial charge in [0.1, 0.15) is 6.61 Å². The van der Waals surface area contributed by atoms with Gasteiger partial charge in [0.05, 0.1) is 0 Å². The molecule has 2 heterocycles. The molecule has 0 bridgehead atoms. The molecule has 0 atom stereocenters. The molecule has 1 saturated heterocycles. The fourth-order valence-electron chi connectivity index (χ4n) is 3.11. The van der Waals surface area contributed by atoms with Crippen LogP contribution in [0.5, 0.6) is 0 Å². The third kappa shape index (κ3) is 6.19. The molecule has 1 aromatic heterocycles. The SMILES string of the molecule is C=C/C=C(\C=C)COC(=O)N1CCCC1.CCn1cc(C=O)c2cc(Br)ccc21. The summed E-state index contributed by atoms with van der Waals surface area (Å²) in [5.41, 5.74) is 2.72. The first kappa shape index (κ1) is 22.7. The van der Waals surface area contributed by atoms with Gasteiger partial charge in [0.25, 0.3) is 0 Å². The first-order valence-electron chi connectivity index (χ1n) is 9.63. The minimum Gasteiger partial charge on any atom is -0.445 e. The second kappa shape index (κ2) is 11.4. The fourth-order valence-corrected chi connectivity index (χ4v) is 3.48. The lowest BCUT2D eigenvalue weighted by Crippen LogP contribution is -2.28. The van der Waals surface area contributed by atoms with Crippen molar-refractivity contribution >= 4 is 39.2 Å². The highest BCUT2D eigenvalue weighted by atomic mass is 79.9. The lowest BCUT2D eigenvalue weighted by atomic mass is 10.2. The maximum atomic E-state index is 11.5. The molecule has 0 N–H and O–H groups in total. The summed E-state index contributed by atoms with van der Waals surface area (Å²) in [6.07, 6.45) is 9.82. The van der Waals surface area contributed by atoms with Gasteiger partial charge in [-0.2, -0.15) is 0 Å². The molecular weight excluding hydrogens is 432 g/mol. The van der Waals surface area contributed by atoms with Gasteiger partial charge in [-0.3, -0.25) is 4.79 Å². The molecule has 1 aromatic carbocycles. The van der Waals surface area contributed by atoms with E-state index in [0.29, 0.717) is 0 Å². The van der Waals surface area contributed by atoms with Gasteiger partial charge in [-0.15, -0.1) is 0 Å². The van der Waals surface area contributed by atoms with Gasteiger partial charge in [0.15, 0.2) is 6.29 Å². The smallest absolute Gasteiger partial charge is 0.410 e. The third-order valence-electron chi connectivity index (χ3n) is 4.66. The number of halogens is 1. The van der Waals surface area contributed by atoms with Gasteiger partial charge < -0.3 is 14.2 Å². The Bertz CT molecular complexity index is 908. The number of carbonyl (C=O) groups is 2. The molecule has 154 valence electrons. The first-order chi connectivity index (χ1) is 14.0. The number of hydrogen-bond acceptors (Lipinski definition) is 3. The monoisotopic (exact) mass is 458 g/mol. The molecule has 0 saturated carbocycles. The lowest BCUT2D eigenvalue weighted by molar-refractivity contribution is 0.112. The van der Waals surface area contributed by atoms with E-state index in [-0.39, 0.29) is 12.7 Å². The summed E-state index contributed by atoms with van der Waals surface area (Å²) in [5, 5.41) is 1.01. The highest BCUT2D eigenvalue weighted by molar-refractivity contribution is 9.10. The summed E-state index contributed by atoms with van der Waals surface area (Å²) in [7, 11) is 0. The summed E-state index contributed by atoms with van der Waals surface area (Å²) < 4.78 is 8.21. The van der Waals surface area contributed by atoms with Crippen molar-refractivity contribution in [1.82, 2.24) is 9.47 Å². The number of rotatable bonds is 6. The molecule has 0 aliphatic carbocycles. The minimum absolute atomic E-state index is 0.232. The first-order valence-corrected chi connectivity index (χ1v) is 10.4. The van der Waals surface area contributed by atoms with Crippen LogP contribution in [0.2, 0.25) is 0 Å². The Morgan fingerprint density at radius 2 is 2.00 bits per heavy atom. The van der Waals surface area contributed by atoms with E-state index in [0.717, 1.165) is 65.3 Å². The normalized spacial score (nSPS) is 13.6. The predicted molar refractivity (Wildman–Crippen MR) is 121 cm³/mol. The number of benzene rings is 1. The molecule has 1 aliphatic rings. The zero-order chi connectivity index (χ0) is 21.2. The Kier molecular flexibility index (Phi) is 8.93. The van der Waals surface area contributed by atoms with Crippen molar-refractivity contribution in [3.63, 3.8) is 0 Å². The van der Waals surface area contributed by atoms with Crippen molar-refractivity contribution in [3.05, 3.63) is 71.4 Å². The molecule has 5 nitrogen and oxygen atoms in total. The number of carbonyl (C=O) groups excluding carboxylic acids is 2. The zero-order valence-electron chi connectivity index (χ0n) is 16.8. The Balaban J connectivity index is 0.000000207. The highest BCUT2D eigenvalue weighted by Crippen LogP contribution is 2.24. The van der Waals surface area contributed by atoms with E-state index in [1.807, 2.05) is 24.4 Å². The molecule has 0 spiro atoms. The van der Waals surface area contributed by atoms with Crippen molar-refractivity contribution in [2.75, 3.05) is 19.7 Å². The van der Waals surface area contributed by atoms with E-state index in [2.05, 4.69) is 40.6 Å². The van der Waals surface area contributed by atoms with Gasteiger partial charge in [-0.1, -0.05) is 47.3 Å². The molecular formula is C23H27BrN2O3. The largest absolute Gasteiger partial charge is 0.445 e. The van der Waals surface area contributed by atoms with Crippen molar-refractivity contribution in [3.8, 4) is 0 Å². The number of amides is 1. The number of aldehydes is 1. The number of hydrogen-bond donors (Lipinski definition) is 0. The van der Waals surface area contributed by atoms with E-state index >= 15 is 0 Å². The summed E-state index contributed by atoms with van der Waals surface area (Å²) >= 11 is 3.40. The minimum atomic E-state index is -0.232. The summed E-state index contributed by atoms with van der Waals surface area (Å²) in [6, 6.07) is 5.99. The summed E-state index contributed by atoms with van der Waals surface area (Å²) in [6.45, 7) is 12.1. The number of likely N-dealkylation sites (tertiary alicyclic amines) is 1. The highest BCUT2D eigenvalue weighted by Gasteiger charge is 2.18. The van der Waals surface area contributed by atoms with Crippen LogP contribution in [-0.2, 0) is 11.3 Å². The van der Waals surface area contributed by atoms with Crippen LogP contribution in [0, 0.1) is 0 Å². The summed E-state index contributed by atoms with van der Waals surface area (Å²) in [4.78, 5) is 24.0. The van der Waals surface area contributed by atoms with Gasteiger partial charge in [0, 0.05) is 46.8 Å². The Morgan fingerprint density at radius 1 is 1.28 bits per heavy atom. The molecule has 0 radical (unpaired) electrons.